The summed E-state index contributed by atoms with van der Waals surface area (Å²) >= 11 is 6.20. The summed E-state index contributed by atoms with van der Waals surface area (Å²) in [6.07, 6.45) is 2.17. The maximum atomic E-state index is 12.3. The number of carbonyl (C=O) groups is 1. The van der Waals surface area contributed by atoms with Gasteiger partial charge in [0.15, 0.2) is 5.69 Å². The number of nitrogens with zero attached hydrogens (tertiary/aromatic N) is 2. The second-order valence-corrected chi connectivity index (χ2v) is 5.88. The molecule has 2 rings (SSSR count). The van der Waals surface area contributed by atoms with Gasteiger partial charge in [0.1, 0.15) is 5.82 Å². The van der Waals surface area contributed by atoms with Crippen molar-refractivity contribution in [3.05, 3.63) is 46.1 Å². The summed E-state index contributed by atoms with van der Waals surface area (Å²) < 4.78 is 0. The molecule has 0 aliphatic carbocycles. The van der Waals surface area contributed by atoms with Gasteiger partial charge in [-0.05, 0) is 49.6 Å². The van der Waals surface area contributed by atoms with Crippen LogP contribution in [0.2, 0.25) is 5.02 Å². The van der Waals surface area contributed by atoms with E-state index in [4.69, 9.17) is 11.6 Å². The first-order chi connectivity index (χ1) is 11.0. The Hall–Kier alpha value is -2.14. The summed E-state index contributed by atoms with van der Waals surface area (Å²) in [5.74, 6) is 0.339. The minimum Gasteiger partial charge on any atom is -0.369 e. The number of nitrogens with one attached hydrogen (secondary N) is 2. The van der Waals surface area contributed by atoms with Crippen molar-refractivity contribution < 1.29 is 4.79 Å². The van der Waals surface area contributed by atoms with Crippen molar-refractivity contribution in [2.24, 2.45) is 0 Å². The fraction of sp³-hybridized carbons (Fsp3) is 0.353. The van der Waals surface area contributed by atoms with E-state index in [-0.39, 0.29) is 11.6 Å². The van der Waals surface area contributed by atoms with Crippen molar-refractivity contribution in [2.45, 2.75) is 33.6 Å². The zero-order chi connectivity index (χ0) is 16.8. The average Bonchev–Trinajstić information content (AvgIpc) is 2.51. The van der Waals surface area contributed by atoms with Crippen molar-refractivity contribution >= 4 is 29.0 Å². The number of aryl methyl sites for hydroxylation is 2. The molecule has 6 heteroatoms. The molecule has 1 heterocycles. The lowest BCUT2D eigenvalue weighted by Crippen LogP contribution is -2.16. The SMILES string of the molecule is CCCCNc1ccc(C(=O)Nc2c(C)cc(C)cc2Cl)nn1. The Morgan fingerprint density at radius 3 is 2.61 bits per heavy atom. The van der Waals surface area contributed by atoms with E-state index in [1.807, 2.05) is 26.0 Å². The Morgan fingerprint density at radius 1 is 1.22 bits per heavy atom. The largest absolute Gasteiger partial charge is 0.369 e. The third-order valence-corrected chi connectivity index (χ3v) is 3.70. The maximum Gasteiger partial charge on any atom is 0.276 e. The van der Waals surface area contributed by atoms with Crippen LogP contribution in [0.15, 0.2) is 24.3 Å². The van der Waals surface area contributed by atoms with Crippen LogP contribution in [0.3, 0.4) is 0 Å². The van der Waals surface area contributed by atoms with Crippen LogP contribution in [0.4, 0.5) is 11.5 Å². The molecule has 0 aliphatic heterocycles. The molecule has 122 valence electrons. The van der Waals surface area contributed by atoms with Gasteiger partial charge in [-0.1, -0.05) is 31.0 Å². The lowest BCUT2D eigenvalue weighted by molar-refractivity contribution is 0.102. The van der Waals surface area contributed by atoms with Gasteiger partial charge in [0.2, 0.25) is 0 Å². The molecule has 0 unspecified atom stereocenters. The van der Waals surface area contributed by atoms with E-state index in [1.54, 1.807) is 12.1 Å². The molecule has 1 aromatic heterocycles. The first-order valence-corrected chi connectivity index (χ1v) is 8.04. The lowest BCUT2D eigenvalue weighted by Gasteiger charge is -2.11. The van der Waals surface area contributed by atoms with Gasteiger partial charge in [0, 0.05) is 6.54 Å². The Bertz CT molecular complexity index is 662. The van der Waals surface area contributed by atoms with E-state index < -0.39 is 0 Å². The quantitative estimate of drug-likeness (QED) is 0.777. The van der Waals surface area contributed by atoms with Gasteiger partial charge in [0.25, 0.3) is 5.91 Å². The highest BCUT2D eigenvalue weighted by atomic mass is 35.5. The van der Waals surface area contributed by atoms with Crippen molar-refractivity contribution in [2.75, 3.05) is 17.2 Å². The summed E-state index contributed by atoms with van der Waals surface area (Å²) in [5.41, 5.74) is 2.82. The first-order valence-electron chi connectivity index (χ1n) is 7.67. The van der Waals surface area contributed by atoms with Crippen molar-refractivity contribution in [3.63, 3.8) is 0 Å². The van der Waals surface area contributed by atoms with Crippen LogP contribution in [-0.4, -0.2) is 22.6 Å². The summed E-state index contributed by atoms with van der Waals surface area (Å²) in [6, 6.07) is 7.18. The van der Waals surface area contributed by atoms with Crippen LogP contribution in [-0.2, 0) is 0 Å². The van der Waals surface area contributed by atoms with Crippen LogP contribution in [0.5, 0.6) is 0 Å². The van der Waals surface area contributed by atoms with E-state index in [2.05, 4.69) is 27.8 Å². The summed E-state index contributed by atoms with van der Waals surface area (Å²) in [7, 11) is 0. The smallest absolute Gasteiger partial charge is 0.276 e. The van der Waals surface area contributed by atoms with Crippen LogP contribution >= 0.6 is 11.6 Å². The zero-order valence-electron chi connectivity index (χ0n) is 13.6. The van der Waals surface area contributed by atoms with Gasteiger partial charge in [-0.2, -0.15) is 0 Å². The average molecular weight is 333 g/mol. The van der Waals surface area contributed by atoms with E-state index in [9.17, 15) is 4.79 Å². The standard InChI is InChI=1S/C17H21ClN4O/c1-4-5-8-19-15-7-6-14(21-22-15)17(23)20-16-12(3)9-11(2)10-13(16)18/h6-7,9-10H,4-5,8H2,1-3H3,(H,19,22)(H,20,23). The fourth-order valence-electron chi connectivity index (χ4n) is 2.19. The van der Waals surface area contributed by atoms with Crippen molar-refractivity contribution in [1.29, 1.82) is 0 Å². The first kappa shape index (κ1) is 17.2. The monoisotopic (exact) mass is 332 g/mol. The topological polar surface area (TPSA) is 66.9 Å². The van der Waals surface area contributed by atoms with Crippen LogP contribution in [0.1, 0.15) is 41.4 Å². The second-order valence-electron chi connectivity index (χ2n) is 5.48. The molecule has 1 aromatic carbocycles. The van der Waals surface area contributed by atoms with Gasteiger partial charge in [-0.3, -0.25) is 4.79 Å². The lowest BCUT2D eigenvalue weighted by atomic mass is 10.1. The highest BCUT2D eigenvalue weighted by Crippen LogP contribution is 2.27. The molecular weight excluding hydrogens is 312 g/mol. The summed E-state index contributed by atoms with van der Waals surface area (Å²) in [6.45, 7) is 6.83. The molecule has 0 saturated carbocycles. The molecule has 0 atom stereocenters. The van der Waals surface area contributed by atoms with Crippen LogP contribution < -0.4 is 10.6 Å². The molecule has 2 aromatic rings. The third-order valence-electron chi connectivity index (χ3n) is 3.40. The van der Waals surface area contributed by atoms with E-state index in [0.717, 1.165) is 30.5 Å². The number of unbranched alkanes of at least 4 members (excludes halogenated alkanes) is 1. The second kappa shape index (κ2) is 7.92. The predicted octanol–water partition coefficient (Wildman–Crippen LogP) is 4.21. The molecule has 0 aliphatic rings. The molecule has 0 fully saturated rings. The van der Waals surface area contributed by atoms with E-state index >= 15 is 0 Å². The molecule has 1 amide bonds. The van der Waals surface area contributed by atoms with Crippen LogP contribution in [0, 0.1) is 13.8 Å². The third kappa shape index (κ3) is 4.66. The minimum absolute atomic E-state index is 0.252. The summed E-state index contributed by atoms with van der Waals surface area (Å²) in [5, 5.41) is 14.5. The number of aromatic nitrogens is 2. The molecular formula is C17H21ClN4O. The number of hydrogen-bond acceptors (Lipinski definition) is 4. The van der Waals surface area contributed by atoms with Gasteiger partial charge in [-0.15, -0.1) is 10.2 Å². The number of carbonyl (C=O) groups excluding carboxylic acids is 1. The minimum atomic E-state index is -0.327. The molecule has 2 N–H and O–H groups in total. The van der Waals surface area contributed by atoms with Crippen LogP contribution in [0.25, 0.3) is 0 Å². The number of halogens is 1. The number of amides is 1. The number of rotatable bonds is 6. The zero-order valence-corrected chi connectivity index (χ0v) is 14.4. The Morgan fingerprint density at radius 2 is 2.00 bits per heavy atom. The summed E-state index contributed by atoms with van der Waals surface area (Å²) in [4.78, 5) is 12.3. The van der Waals surface area contributed by atoms with Crippen molar-refractivity contribution in [3.8, 4) is 0 Å². The van der Waals surface area contributed by atoms with Gasteiger partial charge in [0.05, 0.1) is 10.7 Å². The number of anilines is 2. The predicted molar refractivity (Wildman–Crippen MR) is 94.3 cm³/mol. The van der Waals surface area contributed by atoms with Gasteiger partial charge < -0.3 is 10.6 Å². The van der Waals surface area contributed by atoms with Gasteiger partial charge in [-0.25, -0.2) is 0 Å². The Kier molecular flexibility index (Phi) is 5.93. The number of benzene rings is 1. The maximum absolute atomic E-state index is 12.3. The fourth-order valence-corrected chi connectivity index (χ4v) is 2.56. The Balaban J connectivity index is 2.06. The highest BCUT2D eigenvalue weighted by Gasteiger charge is 2.13. The molecule has 0 spiro atoms. The van der Waals surface area contributed by atoms with E-state index in [1.165, 1.54) is 0 Å². The molecule has 5 nitrogen and oxygen atoms in total. The molecule has 0 saturated heterocycles. The molecule has 0 radical (unpaired) electrons. The highest BCUT2D eigenvalue weighted by molar-refractivity contribution is 6.34. The molecule has 0 bridgehead atoms. The Labute approximate surface area is 141 Å². The van der Waals surface area contributed by atoms with Crippen molar-refractivity contribution in [1.82, 2.24) is 10.2 Å². The molecule has 23 heavy (non-hydrogen) atoms. The van der Waals surface area contributed by atoms with Gasteiger partial charge >= 0.3 is 0 Å². The normalized spacial score (nSPS) is 10.4. The van der Waals surface area contributed by atoms with E-state index in [0.29, 0.717) is 16.5 Å². The number of hydrogen-bond donors (Lipinski definition) is 2.